The summed E-state index contributed by atoms with van der Waals surface area (Å²) in [6, 6.07) is 0. The molecule has 18 heavy (non-hydrogen) atoms. The Bertz CT molecular complexity index is 442. The molecule has 0 radical (unpaired) electrons. The van der Waals surface area contributed by atoms with Crippen molar-refractivity contribution in [3.8, 4) is 0 Å². The number of rotatable bonds is 0. The number of fused-ring (bicyclic) bond motifs is 1. The lowest BCUT2D eigenvalue weighted by molar-refractivity contribution is -0.0976. The van der Waals surface area contributed by atoms with E-state index < -0.39 is 5.60 Å². The molecule has 3 nitrogen and oxygen atoms in total. The lowest BCUT2D eigenvalue weighted by Crippen LogP contribution is -2.51. The molecule has 3 heteroatoms. The van der Waals surface area contributed by atoms with Crippen LogP contribution in [-0.4, -0.2) is 15.8 Å². The minimum atomic E-state index is -0.637. The highest BCUT2D eigenvalue weighted by atomic mass is 16.3. The van der Waals surface area contributed by atoms with Crippen LogP contribution >= 0.6 is 0 Å². The molecule has 0 heterocycles. The van der Waals surface area contributed by atoms with Crippen LogP contribution in [0, 0.1) is 23.3 Å². The smallest absolute Gasteiger partial charge is 0.203 e. The average Bonchev–Trinajstić information content (AvgIpc) is 2.21. The van der Waals surface area contributed by atoms with E-state index in [1.54, 1.807) is 0 Å². The van der Waals surface area contributed by atoms with Crippen LogP contribution < -0.4 is 0 Å². The number of allylic oxidation sites excluding steroid dienone is 2. The van der Waals surface area contributed by atoms with E-state index in [2.05, 4.69) is 11.8 Å². The molecule has 2 rings (SSSR count). The minimum absolute atomic E-state index is 0.0859. The van der Waals surface area contributed by atoms with Crippen molar-refractivity contribution in [2.75, 3.05) is 0 Å². The maximum absolute atomic E-state index is 10.3. The Labute approximate surface area is 109 Å². The monoisotopic (exact) mass is 249 g/mol. The average molecular weight is 249 g/mol. The third-order valence-electron chi connectivity index (χ3n) is 5.06. The maximum atomic E-state index is 10.3. The van der Waals surface area contributed by atoms with E-state index in [9.17, 15) is 10.2 Å². The summed E-state index contributed by atoms with van der Waals surface area (Å²) < 4.78 is 0. The van der Waals surface area contributed by atoms with Gasteiger partial charge in [-0.3, -0.25) is 0 Å². The number of aliphatic hydroxyl groups excluding tert-OH is 1. The Morgan fingerprint density at radius 2 is 1.89 bits per heavy atom. The van der Waals surface area contributed by atoms with Crippen LogP contribution in [0.2, 0.25) is 0 Å². The standard InChI is InChI=1S/C15H23NO2/c1-13(2)11-6-7-15(4,18)9-14(11,3)8-10(16-5)12(13)17/h11,17-18H,6-9H2,1-4H3/t11-,14+,15-/m0/s1. The molecule has 0 aliphatic heterocycles. The van der Waals surface area contributed by atoms with Crippen LogP contribution in [0.15, 0.2) is 11.5 Å². The molecule has 2 aliphatic rings. The van der Waals surface area contributed by atoms with E-state index in [4.69, 9.17) is 6.57 Å². The third-order valence-corrected chi connectivity index (χ3v) is 5.06. The largest absolute Gasteiger partial charge is 0.523 e. The van der Waals surface area contributed by atoms with Gasteiger partial charge < -0.3 is 10.2 Å². The zero-order chi connectivity index (χ0) is 13.8. The Balaban J connectivity index is 2.48. The molecule has 2 N–H and O–H groups in total. The normalized spacial score (nSPS) is 43.2. The van der Waals surface area contributed by atoms with Crippen molar-refractivity contribution < 1.29 is 10.2 Å². The molecule has 0 spiro atoms. The molecule has 0 aromatic carbocycles. The molecule has 3 atom stereocenters. The summed E-state index contributed by atoms with van der Waals surface area (Å²) in [6.45, 7) is 15.3. The van der Waals surface area contributed by atoms with E-state index in [1.807, 2.05) is 20.8 Å². The van der Waals surface area contributed by atoms with E-state index in [0.29, 0.717) is 24.5 Å². The Morgan fingerprint density at radius 1 is 1.28 bits per heavy atom. The van der Waals surface area contributed by atoms with Gasteiger partial charge in [0.15, 0.2) is 0 Å². The molecule has 0 aromatic heterocycles. The van der Waals surface area contributed by atoms with Crippen LogP contribution in [0.3, 0.4) is 0 Å². The fourth-order valence-electron chi connectivity index (χ4n) is 4.40. The maximum Gasteiger partial charge on any atom is 0.203 e. The van der Waals surface area contributed by atoms with E-state index in [-0.39, 0.29) is 16.6 Å². The fourth-order valence-corrected chi connectivity index (χ4v) is 4.40. The second-order valence-electron chi connectivity index (χ2n) is 7.22. The summed E-state index contributed by atoms with van der Waals surface area (Å²) in [5.74, 6) is 0.595. The molecular weight excluding hydrogens is 226 g/mol. The van der Waals surface area contributed by atoms with Crippen molar-refractivity contribution in [2.45, 2.75) is 59.0 Å². The topological polar surface area (TPSA) is 44.8 Å². The fraction of sp³-hybridized carbons (Fsp3) is 0.800. The lowest BCUT2D eigenvalue weighted by Gasteiger charge is -2.56. The molecule has 1 fully saturated rings. The summed E-state index contributed by atoms with van der Waals surface area (Å²) >= 11 is 0. The summed E-state index contributed by atoms with van der Waals surface area (Å²) in [5, 5.41) is 20.6. The van der Waals surface area contributed by atoms with Gasteiger partial charge in [0.2, 0.25) is 5.70 Å². The number of aliphatic hydroxyl groups is 2. The van der Waals surface area contributed by atoms with Gasteiger partial charge in [-0.2, -0.15) is 0 Å². The summed E-state index contributed by atoms with van der Waals surface area (Å²) in [7, 11) is 0. The predicted octanol–water partition coefficient (Wildman–Crippen LogP) is 3.66. The molecule has 1 saturated carbocycles. The van der Waals surface area contributed by atoms with Crippen LogP contribution in [0.5, 0.6) is 0 Å². The molecule has 100 valence electrons. The Hall–Kier alpha value is -1.01. The van der Waals surface area contributed by atoms with Crippen LogP contribution in [0.25, 0.3) is 4.85 Å². The van der Waals surface area contributed by atoms with Gasteiger partial charge in [-0.05, 0) is 43.9 Å². The zero-order valence-corrected chi connectivity index (χ0v) is 11.7. The van der Waals surface area contributed by atoms with Crippen molar-refractivity contribution in [3.05, 3.63) is 22.9 Å². The summed E-state index contributed by atoms with van der Waals surface area (Å²) in [5.41, 5.74) is -0.598. The van der Waals surface area contributed by atoms with Gasteiger partial charge in [-0.15, -0.1) is 0 Å². The van der Waals surface area contributed by atoms with Gasteiger partial charge in [-0.25, -0.2) is 4.85 Å². The van der Waals surface area contributed by atoms with E-state index in [1.165, 1.54) is 0 Å². The number of nitrogens with zero attached hydrogens (tertiary/aromatic N) is 1. The highest BCUT2D eigenvalue weighted by Gasteiger charge is 2.55. The Morgan fingerprint density at radius 3 is 2.44 bits per heavy atom. The lowest BCUT2D eigenvalue weighted by atomic mass is 9.50. The first-order chi connectivity index (χ1) is 8.12. The van der Waals surface area contributed by atoms with Gasteiger partial charge in [0.1, 0.15) is 5.76 Å². The molecular formula is C15H23NO2. The molecule has 0 amide bonds. The highest BCUT2D eigenvalue weighted by Crippen LogP contribution is 2.60. The zero-order valence-electron chi connectivity index (χ0n) is 11.7. The minimum Gasteiger partial charge on any atom is -0.523 e. The van der Waals surface area contributed by atoms with Crippen molar-refractivity contribution in [3.63, 3.8) is 0 Å². The molecule has 2 aliphatic carbocycles. The van der Waals surface area contributed by atoms with E-state index in [0.717, 1.165) is 12.8 Å². The number of hydrogen-bond acceptors (Lipinski definition) is 2. The molecule has 0 aromatic rings. The van der Waals surface area contributed by atoms with Crippen LogP contribution in [-0.2, 0) is 0 Å². The molecule has 0 bridgehead atoms. The van der Waals surface area contributed by atoms with Crippen molar-refractivity contribution in [1.82, 2.24) is 0 Å². The van der Waals surface area contributed by atoms with Crippen molar-refractivity contribution in [2.24, 2.45) is 16.7 Å². The SMILES string of the molecule is [C-]#[N+]C1=C(O)C(C)(C)[C@@H]2CC[C@](C)(O)C[C@@]2(C)C1. The first-order valence-electron chi connectivity index (χ1n) is 6.65. The van der Waals surface area contributed by atoms with Gasteiger partial charge in [-0.1, -0.05) is 20.8 Å². The molecule has 0 saturated heterocycles. The first-order valence-corrected chi connectivity index (χ1v) is 6.65. The van der Waals surface area contributed by atoms with Gasteiger partial charge in [0.25, 0.3) is 0 Å². The third kappa shape index (κ3) is 1.83. The number of hydrogen-bond donors (Lipinski definition) is 2. The second-order valence-corrected chi connectivity index (χ2v) is 7.22. The molecule has 0 unspecified atom stereocenters. The predicted molar refractivity (Wildman–Crippen MR) is 70.7 cm³/mol. The highest BCUT2D eigenvalue weighted by molar-refractivity contribution is 5.28. The van der Waals surface area contributed by atoms with Crippen LogP contribution in [0.4, 0.5) is 0 Å². The van der Waals surface area contributed by atoms with Gasteiger partial charge >= 0.3 is 0 Å². The van der Waals surface area contributed by atoms with E-state index >= 15 is 0 Å². The first kappa shape index (κ1) is 13.4. The van der Waals surface area contributed by atoms with Crippen LogP contribution in [0.1, 0.15) is 53.4 Å². The quantitative estimate of drug-likeness (QED) is 0.643. The summed E-state index contributed by atoms with van der Waals surface area (Å²) in [4.78, 5) is 3.51. The Kier molecular flexibility index (Phi) is 2.79. The van der Waals surface area contributed by atoms with Crippen molar-refractivity contribution >= 4 is 0 Å². The van der Waals surface area contributed by atoms with Gasteiger partial charge in [0, 0.05) is 5.41 Å². The van der Waals surface area contributed by atoms with Crippen molar-refractivity contribution in [1.29, 1.82) is 0 Å². The van der Waals surface area contributed by atoms with Gasteiger partial charge in [0.05, 0.1) is 12.2 Å². The summed E-state index contributed by atoms with van der Waals surface area (Å²) in [6.07, 6.45) is 2.98. The second kappa shape index (κ2) is 3.74.